The molecular weight excluding hydrogens is 420 g/mol. The van der Waals surface area contributed by atoms with Crippen LogP contribution in [0.5, 0.6) is 0 Å². The molecule has 5 rings (SSSR count). The van der Waals surface area contributed by atoms with Crippen molar-refractivity contribution in [2.45, 2.75) is 62.4 Å². The molecule has 4 heterocycles. The lowest BCUT2D eigenvalue weighted by atomic mass is 9.83. The second-order valence-corrected chi connectivity index (χ2v) is 8.75. The molecule has 2 aromatic heterocycles. The molecule has 2 saturated heterocycles. The number of imidazole rings is 1. The Bertz CT molecular complexity index is 940. The Balaban J connectivity index is 1.24. The first-order valence-electron chi connectivity index (χ1n) is 11.1. The number of ether oxygens (including phenoxy) is 3. The van der Waals surface area contributed by atoms with Gasteiger partial charge in [-0.3, -0.25) is 4.57 Å². The van der Waals surface area contributed by atoms with E-state index in [2.05, 4.69) is 20.3 Å². The van der Waals surface area contributed by atoms with E-state index >= 15 is 0 Å². The number of aliphatic hydroxyl groups is 3. The van der Waals surface area contributed by atoms with E-state index in [1.807, 2.05) is 0 Å². The molecule has 0 unspecified atom stereocenters. The molecule has 0 radical (unpaired) electrons. The van der Waals surface area contributed by atoms with Crippen molar-refractivity contribution in [3.8, 4) is 0 Å². The number of nitrogens with zero attached hydrogens (tertiary/aromatic N) is 4. The third kappa shape index (κ3) is 3.91. The maximum absolute atomic E-state index is 10.3. The summed E-state index contributed by atoms with van der Waals surface area (Å²) >= 11 is 0. The topological polar surface area (TPSA) is 170 Å². The highest BCUT2D eigenvalue weighted by molar-refractivity contribution is 5.83. The maximum atomic E-state index is 10.3. The minimum Gasteiger partial charge on any atom is -0.394 e. The lowest BCUT2D eigenvalue weighted by molar-refractivity contribution is -0.182. The van der Waals surface area contributed by atoms with Gasteiger partial charge in [-0.2, -0.15) is 9.97 Å². The summed E-state index contributed by atoms with van der Waals surface area (Å²) in [6.07, 6.45) is 2.09. The molecule has 6 N–H and O–H groups in total. The molecule has 1 spiro atoms. The van der Waals surface area contributed by atoms with Crippen molar-refractivity contribution in [2.24, 2.45) is 5.92 Å². The SMILES string of the molecule is Nc1nc(NCCC2CCC3(CC2)OCCO3)nc2c1ncn2[C@@H]1O[C@H](CO)[C@@H](O)[C@H]1O. The summed E-state index contributed by atoms with van der Waals surface area (Å²) in [6.45, 7) is 1.65. The summed E-state index contributed by atoms with van der Waals surface area (Å²) < 4.78 is 18.7. The number of nitrogens with two attached hydrogens (primary N) is 1. The van der Waals surface area contributed by atoms with Crippen molar-refractivity contribution in [1.82, 2.24) is 19.5 Å². The van der Waals surface area contributed by atoms with Gasteiger partial charge in [0.1, 0.15) is 23.8 Å². The van der Waals surface area contributed by atoms with E-state index in [9.17, 15) is 15.3 Å². The van der Waals surface area contributed by atoms with Gasteiger partial charge in [-0.15, -0.1) is 0 Å². The molecule has 2 aliphatic heterocycles. The molecule has 32 heavy (non-hydrogen) atoms. The van der Waals surface area contributed by atoms with Crippen LogP contribution in [0.25, 0.3) is 11.2 Å². The molecule has 3 fully saturated rings. The molecule has 12 nitrogen and oxygen atoms in total. The average molecular weight is 450 g/mol. The maximum Gasteiger partial charge on any atom is 0.226 e. The van der Waals surface area contributed by atoms with Crippen molar-refractivity contribution in [3.63, 3.8) is 0 Å². The normalized spacial score (nSPS) is 30.5. The summed E-state index contributed by atoms with van der Waals surface area (Å²) in [5.74, 6) is 0.795. The smallest absolute Gasteiger partial charge is 0.226 e. The van der Waals surface area contributed by atoms with E-state index < -0.39 is 31.1 Å². The summed E-state index contributed by atoms with van der Waals surface area (Å²) in [5.41, 5.74) is 6.83. The van der Waals surface area contributed by atoms with Crippen molar-refractivity contribution in [2.75, 3.05) is 37.4 Å². The number of aromatic nitrogens is 4. The number of anilines is 2. The predicted octanol–water partition coefficient (Wildman–Crippen LogP) is -0.245. The van der Waals surface area contributed by atoms with Gasteiger partial charge < -0.3 is 40.6 Å². The lowest BCUT2D eigenvalue weighted by Gasteiger charge is -2.35. The molecule has 1 saturated carbocycles. The molecule has 176 valence electrons. The van der Waals surface area contributed by atoms with Crippen LogP contribution in [0.1, 0.15) is 38.3 Å². The lowest BCUT2D eigenvalue weighted by Crippen LogP contribution is -2.35. The fourth-order valence-corrected chi connectivity index (χ4v) is 4.89. The van der Waals surface area contributed by atoms with Gasteiger partial charge in [-0.25, -0.2) is 4.98 Å². The van der Waals surface area contributed by atoms with Crippen LogP contribution in [0.2, 0.25) is 0 Å². The second-order valence-electron chi connectivity index (χ2n) is 8.75. The van der Waals surface area contributed by atoms with Gasteiger partial charge >= 0.3 is 0 Å². The van der Waals surface area contributed by atoms with Crippen molar-refractivity contribution in [1.29, 1.82) is 0 Å². The molecule has 1 aliphatic carbocycles. The monoisotopic (exact) mass is 450 g/mol. The van der Waals surface area contributed by atoms with Gasteiger partial charge in [0.05, 0.1) is 26.1 Å². The van der Waals surface area contributed by atoms with E-state index in [1.54, 1.807) is 0 Å². The van der Waals surface area contributed by atoms with Crippen LogP contribution in [0.15, 0.2) is 6.33 Å². The van der Waals surface area contributed by atoms with Crippen molar-refractivity contribution in [3.05, 3.63) is 6.33 Å². The number of fused-ring (bicyclic) bond motifs is 1. The Morgan fingerprint density at radius 3 is 2.59 bits per heavy atom. The van der Waals surface area contributed by atoms with Crippen LogP contribution in [0, 0.1) is 5.92 Å². The highest BCUT2D eigenvalue weighted by Crippen LogP contribution is 2.39. The van der Waals surface area contributed by atoms with E-state index in [-0.39, 0.29) is 11.6 Å². The fourth-order valence-electron chi connectivity index (χ4n) is 4.89. The molecule has 4 atom stereocenters. The van der Waals surface area contributed by atoms with Gasteiger partial charge in [0.2, 0.25) is 5.95 Å². The Hall–Kier alpha value is -2.09. The Morgan fingerprint density at radius 2 is 1.91 bits per heavy atom. The molecule has 0 aromatic carbocycles. The minimum absolute atomic E-state index is 0.207. The molecule has 0 amide bonds. The van der Waals surface area contributed by atoms with Gasteiger partial charge in [0.25, 0.3) is 0 Å². The van der Waals surface area contributed by atoms with Crippen LogP contribution in [-0.2, 0) is 14.2 Å². The zero-order chi connectivity index (χ0) is 22.3. The van der Waals surface area contributed by atoms with Crippen LogP contribution < -0.4 is 11.1 Å². The van der Waals surface area contributed by atoms with Crippen molar-refractivity contribution >= 4 is 22.9 Å². The summed E-state index contributed by atoms with van der Waals surface area (Å²) in [4.78, 5) is 13.0. The number of hydrogen-bond acceptors (Lipinski definition) is 11. The third-order valence-corrected chi connectivity index (χ3v) is 6.76. The van der Waals surface area contributed by atoms with E-state index in [4.69, 9.17) is 19.9 Å². The quantitative estimate of drug-likeness (QED) is 0.393. The van der Waals surface area contributed by atoms with E-state index in [0.717, 1.165) is 32.1 Å². The largest absolute Gasteiger partial charge is 0.394 e. The number of nitrogens with one attached hydrogen (secondary N) is 1. The average Bonchev–Trinajstić information content (AvgIpc) is 3.49. The molecule has 0 bridgehead atoms. The highest BCUT2D eigenvalue weighted by Gasteiger charge is 2.44. The fraction of sp³-hybridized carbons (Fsp3) is 0.750. The summed E-state index contributed by atoms with van der Waals surface area (Å²) in [5, 5.41) is 33.0. The summed E-state index contributed by atoms with van der Waals surface area (Å²) in [7, 11) is 0. The Kier molecular flexibility index (Phi) is 5.90. The first kappa shape index (κ1) is 21.7. The first-order chi connectivity index (χ1) is 15.5. The number of rotatable bonds is 6. The Labute approximate surface area is 184 Å². The standard InChI is InChI=1S/C20H30N6O6/c21-16-13-17(26(10-23-13)18-15(29)14(28)12(9-27)32-18)25-19(24-16)22-6-3-11-1-4-20(5-2-11)30-7-8-31-20/h10-12,14-15,18,27-29H,1-9H2,(H3,21,22,24,25)/t12-,14-,15-,18-/m1/s1. The first-order valence-corrected chi connectivity index (χ1v) is 11.1. The van der Waals surface area contributed by atoms with Gasteiger partial charge in [-0.05, 0) is 25.2 Å². The van der Waals surface area contributed by atoms with Crippen LogP contribution in [-0.4, -0.2) is 85.3 Å². The third-order valence-electron chi connectivity index (χ3n) is 6.76. The van der Waals surface area contributed by atoms with E-state index in [0.29, 0.717) is 42.8 Å². The molecule has 3 aliphatic rings. The minimum atomic E-state index is -1.24. The zero-order valence-corrected chi connectivity index (χ0v) is 17.8. The molecule has 12 heteroatoms. The Morgan fingerprint density at radius 1 is 1.16 bits per heavy atom. The number of hydrogen-bond donors (Lipinski definition) is 5. The van der Waals surface area contributed by atoms with Gasteiger partial charge in [0, 0.05) is 19.4 Å². The van der Waals surface area contributed by atoms with Crippen LogP contribution >= 0.6 is 0 Å². The molecule has 2 aromatic rings. The number of nitrogen functional groups attached to an aromatic ring is 1. The van der Waals surface area contributed by atoms with Crippen LogP contribution in [0.3, 0.4) is 0 Å². The second kappa shape index (κ2) is 8.69. The van der Waals surface area contributed by atoms with Gasteiger partial charge in [-0.1, -0.05) is 0 Å². The van der Waals surface area contributed by atoms with E-state index in [1.165, 1.54) is 10.9 Å². The van der Waals surface area contributed by atoms with Gasteiger partial charge in [0.15, 0.2) is 23.5 Å². The number of aliphatic hydroxyl groups excluding tert-OH is 3. The van der Waals surface area contributed by atoms with Crippen LogP contribution in [0.4, 0.5) is 11.8 Å². The predicted molar refractivity (Wildman–Crippen MR) is 112 cm³/mol. The zero-order valence-electron chi connectivity index (χ0n) is 17.8. The van der Waals surface area contributed by atoms with Crippen molar-refractivity contribution < 1.29 is 29.5 Å². The summed E-state index contributed by atoms with van der Waals surface area (Å²) in [6, 6.07) is 0. The molecular formula is C20H30N6O6. The highest BCUT2D eigenvalue weighted by atomic mass is 16.7.